The van der Waals surface area contributed by atoms with E-state index in [-0.39, 0.29) is 5.91 Å². The maximum Gasteiger partial charge on any atom is 0.222 e. The normalized spacial score (nSPS) is 19.5. The first-order valence-corrected chi connectivity index (χ1v) is 6.80. The van der Waals surface area contributed by atoms with Gasteiger partial charge in [0.1, 0.15) is 0 Å². The lowest BCUT2D eigenvalue weighted by Crippen LogP contribution is -2.28. The molecule has 1 aromatic carbocycles. The number of hydrogen-bond acceptors (Lipinski definition) is 2. The predicted molar refractivity (Wildman–Crippen MR) is 75.7 cm³/mol. The van der Waals surface area contributed by atoms with Gasteiger partial charge in [-0.3, -0.25) is 4.79 Å². The molecule has 0 spiro atoms. The highest BCUT2D eigenvalue weighted by atomic mass is 16.2. The van der Waals surface area contributed by atoms with E-state index in [0.717, 1.165) is 25.0 Å². The van der Waals surface area contributed by atoms with Crippen LogP contribution < -0.4 is 5.73 Å². The van der Waals surface area contributed by atoms with Gasteiger partial charge < -0.3 is 15.6 Å². The van der Waals surface area contributed by atoms with Crippen LogP contribution in [0.25, 0.3) is 10.9 Å². The van der Waals surface area contributed by atoms with Gasteiger partial charge in [-0.1, -0.05) is 18.2 Å². The topological polar surface area (TPSA) is 62.1 Å². The fourth-order valence-corrected chi connectivity index (χ4v) is 2.82. The molecule has 0 saturated carbocycles. The molecule has 2 aromatic rings. The average Bonchev–Trinajstić information content (AvgIpc) is 3.00. The molecule has 1 atom stereocenters. The van der Waals surface area contributed by atoms with Gasteiger partial charge in [0.2, 0.25) is 5.91 Å². The zero-order valence-electron chi connectivity index (χ0n) is 10.9. The number of aromatic amines is 1. The van der Waals surface area contributed by atoms with E-state index in [1.165, 1.54) is 10.9 Å². The third-order valence-electron chi connectivity index (χ3n) is 3.95. The van der Waals surface area contributed by atoms with E-state index in [4.69, 9.17) is 5.73 Å². The Hall–Kier alpha value is -1.81. The number of H-pyrrole nitrogens is 1. The van der Waals surface area contributed by atoms with Crippen molar-refractivity contribution in [3.05, 3.63) is 36.0 Å². The summed E-state index contributed by atoms with van der Waals surface area (Å²) in [6.45, 7) is 2.21. The molecule has 3 rings (SSSR count). The van der Waals surface area contributed by atoms with Crippen LogP contribution in [0.4, 0.5) is 0 Å². The summed E-state index contributed by atoms with van der Waals surface area (Å²) in [5.41, 5.74) is 8.07. The number of likely N-dealkylation sites (tertiary alicyclic amines) is 1. The molecule has 0 bridgehead atoms. The molecule has 100 valence electrons. The van der Waals surface area contributed by atoms with Crippen molar-refractivity contribution in [3.8, 4) is 0 Å². The molecular formula is C15H19N3O. The molecule has 3 N–H and O–H groups in total. The molecule has 0 aliphatic carbocycles. The largest absolute Gasteiger partial charge is 0.361 e. The molecule has 1 aromatic heterocycles. The number of para-hydroxylation sites is 1. The van der Waals surface area contributed by atoms with E-state index in [2.05, 4.69) is 17.1 Å². The van der Waals surface area contributed by atoms with Crippen molar-refractivity contribution in [1.29, 1.82) is 0 Å². The molecule has 1 fully saturated rings. The maximum atomic E-state index is 11.8. The zero-order valence-corrected chi connectivity index (χ0v) is 10.9. The molecule has 1 unspecified atom stereocenters. The molecule has 1 aliphatic heterocycles. The van der Waals surface area contributed by atoms with Crippen LogP contribution in [0.15, 0.2) is 30.5 Å². The van der Waals surface area contributed by atoms with Crippen LogP contribution in [0.1, 0.15) is 12.0 Å². The third-order valence-corrected chi connectivity index (χ3v) is 3.95. The Balaban J connectivity index is 1.68. The highest BCUT2D eigenvalue weighted by Gasteiger charge is 2.28. The molecule has 19 heavy (non-hydrogen) atoms. The van der Waals surface area contributed by atoms with Crippen molar-refractivity contribution in [2.24, 2.45) is 11.7 Å². The average molecular weight is 257 g/mol. The monoisotopic (exact) mass is 257 g/mol. The smallest absolute Gasteiger partial charge is 0.222 e. The second-order valence-corrected chi connectivity index (χ2v) is 5.26. The second kappa shape index (κ2) is 5.05. The number of nitrogens with two attached hydrogens (primary N) is 1. The van der Waals surface area contributed by atoms with E-state index >= 15 is 0 Å². The third kappa shape index (κ3) is 2.36. The number of aromatic nitrogens is 1. The van der Waals surface area contributed by atoms with Crippen molar-refractivity contribution < 1.29 is 4.79 Å². The predicted octanol–water partition coefficient (Wildman–Crippen LogP) is 1.52. The van der Waals surface area contributed by atoms with Gasteiger partial charge in [0.15, 0.2) is 0 Å². The molecular weight excluding hydrogens is 238 g/mol. The molecule has 0 radical (unpaired) electrons. The Labute approximate surface area is 112 Å². The van der Waals surface area contributed by atoms with E-state index < -0.39 is 0 Å². The van der Waals surface area contributed by atoms with Gasteiger partial charge in [0.25, 0.3) is 0 Å². The van der Waals surface area contributed by atoms with Crippen molar-refractivity contribution in [2.75, 3.05) is 19.6 Å². The number of nitrogens with zero attached hydrogens (tertiary/aromatic N) is 1. The van der Waals surface area contributed by atoms with Gasteiger partial charge in [-0.05, 0) is 30.5 Å². The van der Waals surface area contributed by atoms with Gasteiger partial charge in [-0.15, -0.1) is 0 Å². The number of amides is 1. The van der Waals surface area contributed by atoms with Gasteiger partial charge in [-0.25, -0.2) is 0 Å². The van der Waals surface area contributed by atoms with Crippen LogP contribution >= 0.6 is 0 Å². The Kier molecular flexibility index (Phi) is 3.25. The summed E-state index contributed by atoms with van der Waals surface area (Å²) in [4.78, 5) is 17.0. The molecule has 1 saturated heterocycles. The van der Waals surface area contributed by atoms with Crippen LogP contribution in [0, 0.1) is 5.92 Å². The Morgan fingerprint density at radius 3 is 3.00 bits per heavy atom. The summed E-state index contributed by atoms with van der Waals surface area (Å²) in [5, 5.41) is 1.25. The van der Waals surface area contributed by atoms with Crippen LogP contribution in [0.3, 0.4) is 0 Å². The fraction of sp³-hybridized carbons (Fsp3) is 0.400. The first-order valence-electron chi connectivity index (χ1n) is 6.80. The highest BCUT2D eigenvalue weighted by Crippen LogP contribution is 2.20. The van der Waals surface area contributed by atoms with Gasteiger partial charge in [-0.2, -0.15) is 0 Å². The number of carbonyl (C=O) groups excluding carboxylic acids is 1. The highest BCUT2D eigenvalue weighted by molar-refractivity contribution is 5.83. The van der Waals surface area contributed by atoms with Crippen molar-refractivity contribution in [1.82, 2.24) is 9.88 Å². The zero-order chi connectivity index (χ0) is 13.2. The summed E-state index contributed by atoms with van der Waals surface area (Å²) >= 11 is 0. The van der Waals surface area contributed by atoms with Gasteiger partial charge >= 0.3 is 0 Å². The number of carbonyl (C=O) groups is 1. The molecule has 1 amide bonds. The number of benzene rings is 1. The number of nitrogens with one attached hydrogen (secondary N) is 1. The minimum Gasteiger partial charge on any atom is -0.361 e. The number of fused-ring (bicyclic) bond motifs is 1. The summed E-state index contributed by atoms with van der Waals surface area (Å²) in [6, 6.07) is 8.27. The van der Waals surface area contributed by atoms with Crippen molar-refractivity contribution in [3.63, 3.8) is 0 Å². The van der Waals surface area contributed by atoms with E-state index in [1.807, 2.05) is 23.2 Å². The van der Waals surface area contributed by atoms with Crippen molar-refractivity contribution >= 4 is 16.8 Å². The first kappa shape index (κ1) is 12.2. The van der Waals surface area contributed by atoms with Crippen LogP contribution in [0.5, 0.6) is 0 Å². The lowest BCUT2D eigenvalue weighted by atomic mass is 10.1. The molecule has 1 aliphatic rings. The first-order chi connectivity index (χ1) is 9.28. The molecule has 2 heterocycles. The van der Waals surface area contributed by atoms with Crippen LogP contribution in [-0.4, -0.2) is 35.4 Å². The standard InChI is InChI=1S/C15H19N3O/c16-8-11-7-15(19)18(10-11)6-5-12-9-17-14-4-2-1-3-13(12)14/h1-4,9,11,17H,5-8,10,16H2. The van der Waals surface area contributed by atoms with E-state index in [1.54, 1.807) is 0 Å². The lowest BCUT2D eigenvalue weighted by Gasteiger charge is -2.15. The minimum absolute atomic E-state index is 0.246. The molecule has 4 nitrogen and oxygen atoms in total. The summed E-state index contributed by atoms with van der Waals surface area (Å²) in [7, 11) is 0. The van der Waals surface area contributed by atoms with Gasteiger partial charge in [0.05, 0.1) is 0 Å². The summed E-state index contributed by atoms with van der Waals surface area (Å²) < 4.78 is 0. The Bertz CT molecular complexity index is 590. The summed E-state index contributed by atoms with van der Waals surface area (Å²) in [6.07, 6.45) is 3.56. The van der Waals surface area contributed by atoms with E-state index in [0.29, 0.717) is 18.9 Å². The van der Waals surface area contributed by atoms with Crippen LogP contribution in [0.2, 0.25) is 0 Å². The number of rotatable bonds is 4. The summed E-state index contributed by atoms with van der Waals surface area (Å²) in [5.74, 6) is 0.589. The Morgan fingerprint density at radius 2 is 2.21 bits per heavy atom. The van der Waals surface area contributed by atoms with Crippen molar-refractivity contribution in [2.45, 2.75) is 12.8 Å². The minimum atomic E-state index is 0.246. The van der Waals surface area contributed by atoms with Gasteiger partial charge in [0, 0.05) is 36.6 Å². The maximum absolute atomic E-state index is 11.8. The molecule has 4 heteroatoms. The van der Waals surface area contributed by atoms with Crippen LogP contribution in [-0.2, 0) is 11.2 Å². The SMILES string of the molecule is NCC1CC(=O)N(CCc2c[nH]c3ccccc23)C1. The van der Waals surface area contributed by atoms with E-state index in [9.17, 15) is 4.79 Å². The lowest BCUT2D eigenvalue weighted by molar-refractivity contribution is -0.127. The quantitative estimate of drug-likeness (QED) is 0.872. The number of hydrogen-bond donors (Lipinski definition) is 2. The second-order valence-electron chi connectivity index (χ2n) is 5.26. The fourth-order valence-electron chi connectivity index (χ4n) is 2.82. The Morgan fingerprint density at radius 1 is 1.37 bits per heavy atom.